The van der Waals surface area contributed by atoms with Gasteiger partial charge in [0.2, 0.25) is 0 Å². The Balaban J connectivity index is 3.13. The molecule has 0 saturated heterocycles. The molecular formula is C9H10ClO. The molecular weight excluding hydrogens is 160 g/mol. The molecule has 1 rings (SSSR count). The van der Waals surface area contributed by atoms with E-state index in [1.54, 1.807) is 13.2 Å². The number of rotatable bonds is 2. The Hall–Kier alpha value is -0.690. The van der Waals surface area contributed by atoms with Gasteiger partial charge in [-0.3, -0.25) is 0 Å². The highest BCUT2D eigenvalue weighted by Crippen LogP contribution is 2.27. The predicted octanol–water partition coefficient (Wildman–Crippen LogP) is 2.71. The van der Waals surface area contributed by atoms with E-state index in [1.165, 1.54) is 0 Å². The number of benzene rings is 1. The molecule has 0 fully saturated rings. The van der Waals surface area contributed by atoms with Crippen LogP contribution in [0.2, 0.25) is 5.02 Å². The van der Waals surface area contributed by atoms with Crippen LogP contribution in [0.4, 0.5) is 0 Å². The topological polar surface area (TPSA) is 9.23 Å². The summed E-state index contributed by atoms with van der Waals surface area (Å²) in [6.45, 7) is 2.06. The van der Waals surface area contributed by atoms with E-state index in [2.05, 4.69) is 13.0 Å². The van der Waals surface area contributed by atoms with Gasteiger partial charge in [-0.25, -0.2) is 0 Å². The molecule has 0 spiro atoms. The van der Waals surface area contributed by atoms with E-state index in [1.807, 2.05) is 6.07 Å². The predicted molar refractivity (Wildman–Crippen MR) is 46.2 cm³/mol. The summed E-state index contributed by atoms with van der Waals surface area (Å²) in [7, 11) is 1.63. The van der Waals surface area contributed by atoms with E-state index >= 15 is 0 Å². The van der Waals surface area contributed by atoms with Crippen molar-refractivity contribution in [2.24, 2.45) is 0 Å². The highest BCUT2D eigenvalue weighted by molar-refractivity contribution is 6.32. The zero-order valence-corrected chi connectivity index (χ0v) is 7.40. The molecule has 0 heterocycles. The highest BCUT2D eigenvalue weighted by Gasteiger charge is 2.03. The molecule has 0 aromatic heterocycles. The minimum Gasteiger partial charge on any atom is -0.495 e. The number of ether oxygens (including phenoxy) is 1. The molecule has 0 atom stereocenters. The Morgan fingerprint density at radius 1 is 1.55 bits per heavy atom. The monoisotopic (exact) mass is 169 g/mol. The molecule has 1 nitrogen and oxygen atoms in total. The first-order chi connectivity index (χ1) is 5.29. The fourth-order valence-corrected chi connectivity index (χ4v) is 1.25. The summed E-state index contributed by atoms with van der Waals surface area (Å²) in [4.78, 5) is 0. The molecule has 0 saturated carbocycles. The van der Waals surface area contributed by atoms with Gasteiger partial charge in [-0.1, -0.05) is 18.5 Å². The van der Waals surface area contributed by atoms with E-state index in [0.29, 0.717) is 5.02 Å². The Morgan fingerprint density at radius 2 is 2.27 bits per heavy atom. The van der Waals surface area contributed by atoms with Crippen molar-refractivity contribution in [3.63, 3.8) is 0 Å². The van der Waals surface area contributed by atoms with Crippen molar-refractivity contribution in [1.82, 2.24) is 0 Å². The maximum atomic E-state index is 5.85. The van der Waals surface area contributed by atoms with Crippen LogP contribution in [0.15, 0.2) is 12.1 Å². The van der Waals surface area contributed by atoms with Crippen molar-refractivity contribution in [3.05, 3.63) is 28.8 Å². The van der Waals surface area contributed by atoms with Crippen LogP contribution in [0.5, 0.6) is 5.75 Å². The second-order valence-corrected chi connectivity index (χ2v) is 2.62. The molecule has 1 aromatic carbocycles. The third-order valence-corrected chi connectivity index (χ3v) is 1.84. The van der Waals surface area contributed by atoms with Gasteiger partial charge in [0.1, 0.15) is 5.75 Å². The Kier molecular flexibility index (Phi) is 2.77. The first-order valence-corrected chi connectivity index (χ1v) is 3.89. The third kappa shape index (κ3) is 1.66. The van der Waals surface area contributed by atoms with E-state index in [4.69, 9.17) is 16.3 Å². The molecule has 1 aromatic rings. The van der Waals surface area contributed by atoms with E-state index in [9.17, 15) is 0 Å². The summed E-state index contributed by atoms with van der Waals surface area (Å²) >= 11 is 5.85. The van der Waals surface area contributed by atoms with Crippen LogP contribution in [0.1, 0.15) is 12.5 Å². The van der Waals surface area contributed by atoms with Crippen molar-refractivity contribution in [3.8, 4) is 5.75 Å². The van der Waals surface area contributed by atoms with Gasteiger partial charge in [-0.2, -0.15) is 0 Å². The van der Waals surface area contributed by atoms with Crippen LogP contribution in [0, 0.1) is 6.07 Å². The van der Waals surface area contributed by atoms with E-state index in [-0.39, 0.29) is 0 Å². The average Bonchev–Trinajstić information content (AvgIpc) is 2.04. The Bertz CT molecular complexity index is 245. The maximum Gasteiger partial charge on any atom is 0.140 e. The van der Waals surface area contributed by atoms with Crippen LogP contribution >= 0.6 is 11.6 Å². The lowest BCUT2D eigenvalue weighted by Crippen LogP contribution is -1.90. The fraction of sp³-hybridized carbons (Fsp3) is 0.333. The number of hydrogen-bond donors (Lipinski definition) is 0. The minimum absolute atomic E-state index is 0.631. The lowest BCUT2D eigenvalue weighted by molar-refractivity contribution is 0.410. The standard InChI is InChI=1S/C9H10ClO/c1-3-7-5-4-6-8(10)9(7)11-2/h5-6H,3H2,1-2H3. The molecule has 0 unspecified atom stereocenters. The van der Waals surface area contributed by atoms with Crippen LogP contribution in [-0.4, -0.2) is 7.11 Å². The van der Waals surface area contributed by atoms with Gasteiger partial charge in [-0.05, 0) is 30.2 Å². The van der Waals surface area contributed by atoms with Crippen LogP contribution in [0.3, 0.4) is 0 Å². The summed E-state index contributed by atoms with van der Waals surface area (Å²) in [5.41, 5.74) is 1.10. The largest absolute Gasteiger partial charge is 0.495 e. The van der Waals surface area contributed by atoms with Crippen molar-refractivity contribution in [2.75, 3.05) is 7.11 Å². The average molecular weight is 170 g/mol. The Labute approximate surface area is 71.9 Å². The molecule has 0 aliphatic carbocycles. The second kappa shape index (κ2) is 3.63. The first-order valence-electron chi connectivity index (χ1n) is 3.52. The van der Waals surface area contributed by atoms with Gasteiger partial charge >= 0.3 is 0 Å². The Morgan fingerprint density at radius 3 is 2.73 bits per heavy atom. The molecule has 0 N–H and O–H groups in total. The van der Waals surface area contributed by atoms with Gasteiger partial charge in [0.05, 0.1) is 12.1 Å². The SMILES string of the molecule is CCc1c[c]cc(Cl)c1OC. The van der Waals surface area contributed by atoms with Gasteiger partial charge < -0.3 is 4.74 Å². The molecule has 1 radical (unpaired) electrons. The zero-order valence-electron chi connectivity index (χ0n) is 6.65. The summed E-state index contributed by atoms with van der Waals surface area (Å²) in [6.07, 6.45) is 0.917. The van der Waals surface area contributed by atoms with Crippen LogP contribution in [-0.2, 0) is 6.42 Å². The highest BCUT2D eigenvalue weighted by atomic mass is 35.5. The van der Waals surface area contributed by atoms with Crippen molar-refractivity contribution >= 4 is 11.6 Å². The smallest absolute Gasteiger partial charge is 0.140 e. The van der Waals surface area contributed by atoms with E-state index < -0.39 is 0 Å². The van der Waals surface area contributed by atoms with Gasteiger partial charge in [-0.15, -0.1) is 0 Å². The number of methoxy groups -OCH3 is 1. The summed E-state index contributed by atoms with van der Waals surface area (Å²) in [5, 5.41) is 0.631. The number of halogens is 1. The fourth-order valence-electron chi connectivity index (χ4n) is 0.991. The lowest BCUT2D eigenvalue weighted by atomic mass is 10.1. The molecule has 2 heteroatoms. The quantitative estimate of drug-likeness (QED) is 0.662. The van der Waals surface area contributed by atoms with E-state index in [0.717, 1.165) is 17.7 Å². The summed E-state index contributed by atoms with van der Waals surface area (Å²) < 4.78 is 5.12. The van der Waals surface area contributed by atoms with Gasteiger partial charge in [0, 0.05) is 0 Å². The number of hydrogen-bond acceptors (Lipinski definition) is 1. The molecule has 0 aliphatic heterocycles. The second-order valence-electron chi connectivity index (χ2n) is 2.22. The number of aryl methyl sites for hydroxylation is 1. The third-order valence-electron chi connectivity index (χ3n) is 1.56. The van der Waals surface area contributed by atoms with Gasteiger partial charge in [0.25, 0.3) is 0 Å². The molecule has 0 bridgehead atoms. The van der Waals surface area contributed by atoms with Crippen LogP contribution in [0.25, 0.3) is 0 Å². The lowest BCUT2D eigenvalue weighted by Gasteiger charge is -2.06. The zero-order chi connectivity index (χ0) is 8.27. The normalized spacial score (nSPS) is 9.73. The first kappa shape index (κ1) is 8.41. The van der Waals surface area contributed by atoms with Gasteiger partial charge in [0.15, 0.2) is 0 Å². The molecule has 0 aliphatic rings. The van der Waals surface area contributed by atoms with Crippen LogP contribution < -0.4 is 4.74 Å². The summed E-state index contributed by atoms with van der Waals surface area (Å²) in [6, 6.07) is 6.54. The molecule has 59 valence electrons. The maximum absolute atomic E-state index is 5.85. The van der Waals surface area contributed by atoms with Crippen molar-refractivity contribution < 1.29 is 4.74 Å². The minimum atomic E-state index is 0.631. The molecule has 0 amide bonds. The van der Waals surface area contributed by atoms with Crippen molar-refractivity contribution in [1.29, 1.82) is 0 Å². The summed E-state index contributed by atoms with van der Waals surface area (Å²) in [5.74, 6) is 0.771. The van der Waals surface area contributed by atoms with Crippen molar-refractivity contribution in [2.45, 2.75) is 13.3 Å². The molecule has 11 heavy (non-hydrogen) atoms.